The van der Waals surface area contributed by atoms with Crippen molar-refractivity contribution in [3.8, 4) is 11.5 Å². The Bertz CT molecular complexity index is 500. The third-order valence-electron chi connectivity index (χ3n) is 2.94. The quantitative estimate of drug-likeness (QED) is 0.333. The van der Waals surface area contributed by atoms with Crippen molar-refractivity contribution in [1.82, 2.24) is 5.32 Å². The maximum absolute atomic E-state index is 11.6. The van der Waals surface area contributed by atoms with E-state index in [1.807, 2.05) is 0 Å². The van der Waals surface area contributed by atoms with Gasteiger partial charge in [-0.1, -0.05) is 18.5 Å². The summed E-state index contributed by atoms with van der Waals surface area (Å²) in [5.41, 5.74) is 1.19. The maximum Gasteiger partial charge on any atom is 0.257 e. The van der Waals surface area contributed by atoms with Crippen molar-refractivity contribution in [3.05, 3.63) is 23.8 Å². The number of unbranched alkanes of at least 4 members (excludes halogenated alkanes) is 1. The summed E-state index contributed by atoms with van der Waals surface area (Å²) >= 11 is 0. The number of hydrogen-bond donors (Lipinski definition) is 2. The number of hydrogen-bond acceptors (Lipinski definition) is 5. The van der Waals surface area contributed by atoms with Crippen molar-refractivity contribution in [2.24, 2.45) is 5.16 Å². The molecule has 0 aliphatic rings. The molecule has 116 valence electrons. The first-order valence-electron chi connectivity index (χ1n) is 6.89. The van der Waals surface area contributed by atoms with Gasteiger partial charge in [-0.3, -0.25) is 4.79 Å². The highest BCUT2D eigenvalue weighted by Gasteiger charge is 2.09. The zero-order valence-electron chi connectivity index (χ0n) is 12.7. The van der Waals surface area contributed by atoms with E-state index in [2.05, 4.69) is 17.4 Å². The lowest BCUT2D eigenvalue weighted by molar-refractivity contribution is -0.123. The topological polar surface area (TPSA) is 80.2 Å². The summed E-state index contributed by atoms with van der Waals surface area (Å²) < 4.78 is 10.7. The van der Waals surface area contributed by atoms with Crippen molar-refractivity contribution >= 4 is 11.6 Å². The third kappa shape index (κ3) is 5.33. The van der Waals surface area contributed by atoms with E-state index >= 15 is 0 Å². The lowest BCUT2D eigenvalue weighted by Crippen LogP contribution is -2.29. The van der Waals surface area contributed by atoms with Crippen molar-refractivity contribution in [2.75, 3.05) is 20.3 Å². The molecule has 0 unspecified atom stereocenters. The lowest BCUT2D eigenvalue weighted by atomic mass is 10.1. The number of nitrogens with zero attached hydrogens (tertiary/aromatic N) is 1. The van der Waals surface area contributed by atoms with Crippen LogP contribution >= 0.6 is 0 Å². The van der Waals surface area contributed by atoms with Gasteiger partial charge in [-0.15, -0.1) is 0 Å². The Hall–Kier alpha value is -2.24. The normalized spacial score (nSPS) is 11.1. The molecular formula is C15H22N2O4. The van der Waals surface area contributed by atoms with Gasteiger partial charge in [0.2, 0.25) is 0 Å². The van der Waals surface area contributed by atoms with Crippen LogP contribution < -0.4 is 14.8 Å². The zero-order valence-corrected chi connectivity index (χ0v) is 12.7. The zero-order chi connectivity index (χ0) is 15.7. The van der Waals surface area contributed by atoms with Crippen LogP contribution in [0.3, 0.4) is 0 Å². The molecule has 0 bridgehead atoms. The summed E-state index contributed by atoms with van der Waals surface area (Å²) in [5.74, 6) is 0.789. The third-order valence-corrected chi connectivity index (χ3v) is 2.94. The second-order valence-electron chi connectivity index (χ2n) is 4.54. The van der Waals surface area contributed by atoms with E-state index < -0.39 is 0 Å². The number of methoxy groups -OCH3 is 1. The Balaban J connectivity index is 2.65. The first-order valence-corrected chi connectivity index (χ1v) is 6.89. The average molecular weight is 294 g/mol. The van der Waals surface area contributed by atoms with Crippen LogP contribution in [0.25, 0.3) is 0 Å². The molecule has 1 aromatic carbocycles. The Morgan fingerprint density at radius 1 is 1.38 bits per heavy atom. The monoisotopic (exact) mass is 294 g/mol. The second kappa shape index (κ2) is 8.84. The summed E-state index contributed by atoms with van der Waals surface area (Å²) in [6.07, 6.45) is 1.98. The van der Waals surface area contributed by atoms with Crippen molar-refractivity contribution in [1.29, 1.82) is 0 Å². The fourth-order valence-corrected chi connectivity index (χ4v) is 1.67. The summed E-state index contributed by atoms with van der Waals surface area (Å²) in [4.78, 5) is 11.6. The van der Waals surface area contributed by atoms with Gasteiger partial charge in [0.1, 0.15) is 0 Å². The van der Waals surface area contributed by atoms with E-state index in [0.717, 1.165) is 12.8 Å². The number of nitrogens with one attached hydrogen (secondary N) is 1. The number of carbonyl (C=O) groups excluding carboxylic acids is 1. The van der Waals surface area contributed by atoms with E-state index in [1.54, 1.807) is 25.1 Å². The lowest BCUT2D eigenvalue weighted by Gasteiger charge is -2.12. The predicted octanol–water partition coefficient (Wildman–Crippen LogP) is 2.19. The average Bonchev–Trinajstić information content (AvgIpc) is 2.52. The van der Waals surface area contributed by atoms with Crippen LogP contribution in [0.15, 0.2) is 23.4 Å². The van der Waals surface area contributed by atoms with E-state index in [4.69, 9.17) is 14.7 Å². The van der Waals surface area contributed by atoms with Crippen LogP contribution in [0.4, 0.5) is 0 Å². The number of rotatable bonds is 8. The van der Waals surface area contributed by atoms with Crippen LogP contribution in [0.2, 0.25) is 0 Å². The van der Waals surface area contributed by atoms with Crippen LogP contribution in [0.5, 0.6) is 11.5 Å². The fourth-order valence-electron chi connectivity index (χ4n) is 1.67. The number of ether oxygens (including phenoxy) is 2. The van der Waals surface area contributed by atoms with Gasteiger partial charge < -0.3 is 20.0 Å². The van der Waals surface area contributed by atoms with Gasteiger partial charge in [0.05, 0.1) is 12.8 Å². The predicted molar refractivity (Wildman–Crippen MR) is 80.4 cm³/mol. The molecule has 0 atom stereocenters. The maximum atomic E-state index is 11.6. The smallest absolute Gasteiger partial charge is 0.257 e. The van der Waals surface area contributed by atoms with Gasteiger partial charge in [-0.05, 0) is 31.5 Å². The van der Waals surface area contributed by atoms with Crippen molar-refractivity contribution in [3.63, 3.8) is 0 Å². The van der Waals surface area contributed by atoms with Gasteiger partial charge in [-0.25, -0.2) is 0 Å². The Morgan fingerprint density at radius 3 is 2.76 bits per heavy atom. The van der Waals surface area contributed by atoms with Crippen molar-refractivity contribution in [2.45, 2.75) is 26.7 Å². The molecule has 6 heteroatoms. The number of oxime groups is 1. The second-order valence-corrected chi connectivity index (χ2v) is 4.54. The molecule has 6 nitrogen and oxygen atoms in total. The van der Waals surface area contributed by atoms with E-state index in [9.17, 15) is 4.79 Å². The van der Waals surface area contributed by atoms with Gasteiger partial charge in [0.25, 0.3) is 5.91 Å². The van der Waals surface area contributed by atoms with Crippen LogP contribution in [-0.4, -0.2) is 37.1 Å². The highest BCUT2D eigenvalue weighted by atomic mass is 16.5. The van der Waals surface area contributed by atoms with Crippen LogP contribution in [-0.2, 0) is 4.79 Å². The molecule has 0 saturated heterocycles. The molecular weight excluding hydrogens is 272 g/mol. The number of benzene rings is 1. The largest absolute Gasteiger partial charge is 0.493 e. The minimum atomic E-state index is -0.164. The molecule has 0 aliphatic heterocycles. The molecule has 1 rings (SSSR count). The molecule has 2 N–H and O–H groups in total. The molecule has 0 radical (unpaired) electrons. The minimum Gasteiger partial charge on any atom is -0.493 e. The Labute approximate surface area is 124 Å². The summed E-state index contributed by atoms with van der Waals surface area (Å²) in [7, 11) is 1.51. The standard InChI is InChI=1S/C15H22N2O4/c1-4-5-8-16-15(18)10-21-13-7-6-12(11(2)17-19)9-14(13)20-3/h6-7,9,19H,4-5,8,10H2,1-3H3,(H,16,18). The molecule has 0 saturated carbocycles. The first-order chi connectivity index (χ1) is 10.1. The Morgan fingerprint density at radius 2 is 2.14 bits per heavy atom. The number of amides is 1. The molecule has 0 aliphatic carbocycles. The van der Waals surface area contributed by atoms with Crippen molar-refractivity contribution < 1.29 is 19.5 Å². The molecule has 0 spiro atoms. The van der Waals surface area contributed by atoms with Gasteiger partial charge in [0.15, 0.2) is 18.1 Å². The molecule has 0 heterocycles. The summed E-state index contributed by atoms with van der Waals surface area (Å²) in [6.45, 7) is 4.33. The van der Waals surface area contributed by atoms with Gasteiger partial charge in [-0.2, -0.15) is 0 Å². The first kappa shape index (κ1) is 16.8. The highest BCUT2D eigenvalue weighted by Crippen LogP contribution is 2.28. The highest BCUT2D eigenvalue weighted by molar-refractivity contribution is 5.98. The minimum absolute atomic E-state index is 0.0630. The van der Waals surface area contributed by atoms with Gasteiger partial charge in [0, 0.05) is 12.1 Å². The number of carbonyl (C=O) groups is 1. The van der Waals surface area contributed by atoms with E-state index in [1.165, 1.54) is 7.11 Å². The Kier molecular flexibility index (Phi) is 7.08. The molecule has 1 aromatic rings. The molecule has 0 fully saturated rings. The van der Waals surface area contributed by atoms with E-state index in [-0.39, 0.29) is 12.5 Å². The van der Waals surface area contributed by atoms with Gasteiger partial charge >= 0.3 is 0 Å². The van der Waals surface area contributed by atoms with E-state index in [0.29, 0.717) is 29.3 Å². The summed E-state index contributed by atoms with van der Waals surface area (Å²) in [6, 6.07) is 5.11. The fraction of sp³-hybridized carbons (Fsp3) is 0.467. The van der Waals surface area contributed by atoms with Crippen LogP contribution in [0.1, 0.15) is 32.3 Å². The SMILES string of the molecule is CCCCNC(=O)COc1ccc(C(C)=NO)cc1OC. The van der Waals surface area contributed by atoms with Crippen LogP contribution in [0, 0.1) is 0 Å². The molecule has 0 aromatic heterocycles. The summed E-state index contributed by atoms with van der Waals surface area (Å²) in [5, 5.41) is 14.7. The molecule has 1 amide bonds. The molecule has 21 heavy (non-hydrogen) atoms.